The van der Waals surface area contributed by atoms with Crippen molar-refractivity contribution in [1.82, 2.24) is 0 Å². The molecule has 0 saturated carbocycles. The molecule has 1 aliphatic rings. The van der Waals surface area contributed by atoms with E-state index in [0.717, 1.165) is 42.3 Å². The van der Waals surface area contributed by atoms with Crippen molar-refractivity contribution >= 4 is 17.3 Å². The van der Waals surface area contributed by atoms with E-state index in [9.17, 15) is 13.6 Å². The molecule has 21 heavy (non-hydrogen) atoms. The summed E-state index contributed by atoms with van der Waals surface area (Å²) in [6.07, 6.45) is 1.63. The van der Waals surface area contributed by atoms with Gasteiger partial charge in [0.15, 0.2) is 0 Å². The molecule has 0 bridgehead atoms. The molecule has 0 fully saturated rings. The second-order valence-corrected chi connectivity index (χ2v) is 5.11. The summed E-state index contributed by atoms with van der Waals surface area (Å²) in [5.74, 6) is -1.92. The fraction of sp³-hybridized carbons (Fsp3) is 0.188. The van der Waals surface area contributed by atoms with Gasteiger partial charge in [-0.25, -0.2) is 8.78 Å². The van der Waals surface area contributed by atoms with E-state index in [1.165, 1.54) is 0 Å². The third-order valence-corrected chi connectivity index (χ3v) is 3.58. The molecule has 0 atom stereocenters. The summed E-state index contributed by atoms with van der Waals surface area (Å²) in [4.78, 5) is 14.1. The van der Waals surface area contributed by atoms with E-state index in [1.54, 1.807) is 17.0 Å². The molecule has 3 rings (SSSR count). The van der Waals surface area contributed by atoms with E-state index in [1.807, 2.05) is 6.07 Å². The van der Waals surface area contributed by atoms with Crippen LogP contribution in [0.15, 0.2) is 36.4 Å². The summed E-state index contributed by atoms with van der Waals surface area (Å²) < 4.78 is 26.6. The molecule has 1 aliphatic heterocycles. The SMILES string of the molecule is Nc1ccc2c(c1)CCCN2C(=O)c1cc(F)cc(F)c1. The Morgan fingerprint density at radius 3 is 2.52 bits per heavy atom. The van der Waals surface area contributed by atoms with Gasteiger partial charge in [-0.1, -0.05) is 0 Å². The van der Waals surface area contributed by atoms with E-state index in [4.69, 9.17) is 5.73 Å². The van der Waals surface area contributed by atoms with Crippen molar-refractivity contribution in [3.05, 3.63) is 59.2 Å². The van der Waals surface area contributed by atoms with Crippen LogP contribution in [-0.2, 0) is 6.42 Å². The summed E-state index contributed by atoms with van der Waals surface area (Å²) in [5, 5.41) is 0. The van der Waals surface area contributed by atoms with E-state index in [2.05, 4.69) is 0 Å². The van der Waals surface area contributed by atoms with E-state index in [-0.39, 0.29) is 5.56 Å². The van der Waals surface area contributed by atoms with Gasteiger partial charge in [0.25, 0.3) is 5.91 Å². The van der Waals surface area contributed by atoms with Crippen molar-refractivity contribution in [1.29, 1.82) is 0 Å². The standard InChI is InChI=1S/C16H14F2N2O/c17-12-6-11(7-13(18)9-12)16(21)20-5-1-2-10-8-14(19)3-4-15(10)20/h3-4,6-9H,1-2,5,19H2. The lowest BCUT2D eigenvalue weighted by Gasteiger charge is -2.29. The highest BCUT2D eigenvalue weighted by atomic mass is 19.1. The molecule has 0 saturated heterocycles. The van der Waals surface area contributed by atoms with Gasteiger partial charge in [-0.05, 0) is 48.7 Å². The molecule has 5 heteroatoms. The first-order valence-corrected chi connectivity index (χ1v) is 6.71. The lowest BCUT2D eigenvalue weighted by atomic mass is 10.00. The summed E-state index contributed by atoms with van der Waals surface area (Å²) in [7, 11) is 0. The number of nitrogen functional groups attached to an aromatic ring is 1. The smallest absolute Gasteiger partial charge is 0.258 e. The topological polar surface area (TPSA) is 46.3 Å². The number of amides is 1. The number of carbonyl (C=O) groups excluding carboxylic acids is 1. The van der Waals surface area contributed by atoms with Crippen LogP contribution in [0.2, 0.25) is 0 Å². The molecule has 0 spiro atoms. The Balaban J connectivity index is 2.00. The van der Waals surface area contributed by atoms with Crippen molar-refractivity contribution in [2.24, 2.45) is 0 Å². The molecule has 0 unspecified atom stereocenters. The van der Waals surface area contributed by atoms with Crippen LogP contribution >= 0.6 is 0 Å². The minimum absolute atomic E-state index is 0.0113. The second kappa shape index (κ2) is 5.16. The molecular weight excluding hydrogens is 274 g/mol. The van der Waals surface area contributed by atoms with Gasteiger partial charge in [0.05, 0.1) is 0 Å². The van der Waals surface area contributed by atoms with Crippen LogP contribution in [0.5, 0.6) is 0 Å². The summed E-state index contributed by atoms with van der Waals surface area (Å²) in [6, 6.07) is 8.19. The number of anilines is 2. The molecule has 2 N–H and O–H groups in total. The first kappa shape index (κ1) is 13.5. The van der Waals surface area contributed by atoms with Crippen molar-refractivity contribution in [2.45, 2.75) is 12.8 Å². The molecule has 108 valence electrons. The van der Waals surface area contributed by atoms with Crippen LogP contribution in [0.3, 0.4) is 0 Å². The van der Waals surface area contributed by atoms with Crippen LogP contribution in [0.1, 0.15) is 22.3 Å². The predicted octanol–water partition coefficient (Wildman–Crippen LogP) is 3.14. The molecule has 3 nitrogen and oxygen atoms in total. The number of fused-ring (bicyclic) bond motifs is 1. The van der Waals surface area contributed by atoms with Crippen LogP contribution in [-0.4, -0.2) is 12.5 Å². The minimum atomic E-state index is -0.757. The van der Waals surface area contributed by atoms with Crippen molar-refractivity contribution < 1.29 is 13.6 Å². The largest absolute Gasteiger partial charge is 0.399 e. The third kappa shape index (κ3) is 2.59. The monoisotopic (exact) mass is 288 g/mol. The average Bonchev–Trinajstić information content (AvgIpc) is 2.44. The molecule has 0 aromatic heterocycles. The average molecular weight is 288 g/mol. The Morgan fingerprint density at radius 1 is 1.10 bits per heavy atom. The molecule has 1 heterocycles. The summed E-state index contributed by atoms with van der Waals surface area (Å²) >= 11 is 0. The number of nitrogens with zero attached hydrogens (tertiary/aromatic N) is 1. The number of aryl methyl sites for hydroxylation is 1. The van der Waals surface area contributed by atoms with Crippen LogP contribution in [0.25, 0.3) is 0 Å². The number of rotatable bonds is 1. The quantitative estimate of drug-likeness (QED) is 0.819. The number of halogens is 2. The maximum absolute atomic E-state index is 13.3. The van der Waals surface area contributed by atoms with Gasteiger partial charge in [-0.15, -0.1) is 0 Å². The van der Waals surface area contributed by atoms with Crippen LogP contribution in [0.4, 0.5) is 20.2 Å². The van der Waals surface area contributed by atoms with Gasteiger partial charge in [0.1, 0.15) is 11.6 Å². The maximum atomic E-state index is 13.3. The number of hydrogen-bond donors (Lipinski definition) is 1. The Morgan fingerprint density at radius 2 is 1.81 bits per heavy atom. The van der Waals surface area contributed by atoms with Crippen molar-refractivity contribution in [3.8, 4) is 0 Å². The minimum Gasteiger partial charge on any atom is -0.399 e. The Bertz CT molecular complexity index is 695. The Hall–Kier alpha value is -2.43. The van der Waals surface area contributed by atoms with E-state index in [0.29, 0.717) is 12.2 Å². The molecule has 0 aliphatic carbocycles. The number of benzene rings is 2. The van der Waals surface area contributed by atoms with E-state index >= 15 is 0 Å². The van der Waals surface area contributed by atoms with Gasteiger partial charge in [-0.3, -0.25) is 4.79 Å². The Labute approximate surface area is 121 Å². The zero-order chi connectivity index (χ0) is 15.0. The normalized spacial score (nSPS) is 13.9. The predicted molar refractivity (Wildman–Crippen MR) is 77.2 cm³/mol. The van der Waals surface area contributed by atoms with Crippen LogP contribution in [0, 0.1) is 11.6 Å². The highest BCUT2D eigenvalue weighted by molar-refractivity contribution is 6.06. The van der Waals surface area contributed by atoms with Crippen molar-refractivity contribution in [2.75, 3.05) is 17.2 Å². The molecule has 1 amide bonds. The fourth-order valence-corrected chi connectivity index (χ4v) is 2.66. The lowest BCUT2D eigenvalue weighted by molar-refractivity contribution is 0.0984. The number of nitrogens with two attached hydrogens (primary N) is 1. The lowest BCUT2D eigenvalue weighted by Crippen LogP contribution is -2.35. The Kier molecular flexibility index (Phi) is 3.33. The molecular formula is C16H14F2N2O. The van der Waals surface area contributed by atoms with Gasteiger partial charge >= 0.3 is 0 Å². The highest BCUT2D eigenvalue weighted by Crippen LogP contribution is 2.30. The molecule has 2 aromatic carbocycles. The summed E-state index contributed by atoms with van der Waals surface area (Å²) in [6.45, 7) is 0.522. The zero-order valence-corrected chi connectivity index (χ0v) is 11.3. The fourth-order valence-electron chi connectivity index (χ4n) is 2.66. The number of hydrogen-bond acceptors (Lipinski definition) is 2. The maximum Gasteiger partial charge on any atom is 0.258 e. The van der Waals surface area contributed by atoms with Gasteiger partial charge in [0, 0.05) is 29.5 Å². The second-order valence-electron chi connectivity index (χ2n) is 5.11. The highest BCUT2D eigenvalue weighted by Gasteiger charge is 2.24. The molecule has 0 radical (unpaired) electrons. The van der Waals surface area contributed by atoms with Crippen molar-refractivity contribution in [3.63, 3.8) is 0 Å². The third-order valence-electron chi connectivity index (χ3n) is 3.58. The number of carbonyl (C=O) groups is 1. The molecule has 2 aromatic rings. The van der Waals surface area contributed by atoms with Gasteiger partial charge in [0.2, 0.25) is 0 Å². The van der Waals surface area contributed by atoms with Gasteiger partial charge in [-0.2, -0.15) is 0 Å². The van der Waals surface area contributed by atoms with Crippen LogP contribution < -0.4 is 10.6 Å². The van der Waals surface area contributed by atoms with Gasteiger partial charge < -0.3 is 10.6 Å². The summed E-state index contributed by atoms with van der Waals surface area (Å²) in [5.41, 5.74) is 8.13. The zero-order valence-electron chi connectivity index (χ0n) is 11.3. The first-order chi connectivity index (χ1) is 10.0. The first-order valence-electron chi connectivity index (χ1n) is 6.71. The van der Waals surface area contributed by atoms with E-state index < -0.39 is 17.5 Å².